The SMILES string of the molecule is CN1CCC(Cn2cc(-c3cnn(C)c3)cc(NC3CCC(c4ccccc4)CC3)c2=O)CC1. The molecule has 0 bridgehead atoms. The van der Waals surface area contributed by atoms with Crippen LogP contribution in [0.4, 0.5) is 5.69 Å². The summed E-state index contributed by atoms with van der Waals surface area (Å²) in [4.78, 5) is 15.9. The predicted octanol–water partition coefficient (Wildman–Crippen LogP) is 4.73. The van der Waals surface area contributed by atoms with Crippen LogP contribution in [0.1, 0.15) is 50.0 Å². The van der Waals surface area contributed by atoms with Crippen molar-refractivity contribution in [2.24, 2.45) is 13.0 Å². The van der Waals surface area contributed by atoms with Crippen LogP contribution in [-0.4, -0.2) is 45.4 Å². The second kappa shape index (κ2) is 10.2. The lowest BCUT2D eigenvalue weighted by atomic mass is 9.82. The number of rotatable bonds is 6. The molecule has 2 aromatic heterocycles. The van der Waals surface area contributed by atoms with Gasteiger partial charge in [-0.15, -0.1) is 0 Å². The summed E-state index contributed by atoms with van der Waals surface area (Å²) in [6, 6.07) is 13.2. The van der Waals surface area contributed by atoms with Gasteiger partial charge in [0.1, 0.15) is 5.69 Å². The molecule has 1 aliphatic carbocycles. The van der Waals surface area contributed by atoms with Crippen molar-refractivity contribution in [3.63, 3.8) is 0 Å². The Morgan fingerprint density at radius 2 is 1.68 bits per heavy atom. The van der Waals surface area contributed by atoms with Crippen molar-refractivity contribution < 1.29 is 0 Å². The molecule has 34 heavy (non-hydrogen) atoms. The van der Waals surface area contributed by atoms with Crippen LogP contribution in [0.15, 0.2) is 59.8 Å². The number of pyridine rings is 1. The van der Waals surface area contributed by atoms with Gasteiger partial charge < -0.3 is 14.8 Å². The van der Waals surface area contributed by atoms with E-state index in [1.807, 2.05) is 41.0 Å². The third kappa shape index (κ3) is 5.27. The van der Waals surface area contributed by atoms with E-state index in [0.717, 1.165) is 75.0 Å². The number of nitrogens with zero attached hydrogens (tertiary/aromatic N) is 4. The van der Waals surface area contributed by atoms with Gasteiger partial charge in [-0.25, -0.2) is 0 Å². The molecule has 3 aromatic rings. The number of aryl methyl sites for hydroxylation is 1. The van der Waals surface area contributed by atoms with E-state index in [0.29, 0.717) is 17.9 Å². The molecule has 0 radical (unpaired) electrons. The molecule has 1 aromatic carbocycles. The van der Waals surface area contributed by atoms with Crippen LogP contribution in [0.3, 0.4) is 0 Å². The van der Waals surface area contributed by atoms with Crippen LogP contribution in [0.2, 0.25) is 0 Å². The molecule has 2 aliphatic rings. The maximum atomic E-state index is 13.5. The summed E-state index contributed by atoms with van der Waals surface area (Å²) < 4.78 is 3.77. The highest BCUT2D eigenvalue weighted by Crippen LogP contribution is 2.34. The molecule has 1 saturated carbocycles. The second-order valence-corrected chi connectivity index (χ2v) is 10.4. The molecule has 6 nitrogen and oxygen atoms in total. The van der Waals surface area contributed by atoms with Gasteiger partial charge in [0.15, 0.2) is 0 Å². The first-order chi connectivity index (χ1) is 16.5. The van der Waals surface area contributed by atoms with E-state index in [-0.39, 0.29) is 5.56 Å². The van der Waals surface area contributed by atoms with E-state index in [9.17, 15) is 4.79 Å². The minimum Gasteiger partial charge on any atom is -0.378 e. The third-order valence-electron chi connectivity index (χ3n) is 7.78. The molecule has 1 aliphatic heterocycles. The average molecular weight is 460 g/mol. The third-order valence-corrected chi connectivity index (χ3v) is 7.78. The summed E-state index contributed by atoms with van der Waals surface area (Å²) in [5.41, 5.74) is 4.39. The van der Waals surface area contributed by atoms with E-state index < -0.39 is 0 Å². The molecular weight excluding hydrogens is 422 g/mol. The van der Waals surface area contributed by atoms with Crippen LogP contribution in [-0.2, 0) is 13.6 Å². The van der Waals surface area contributed by atoms with E-state index in [1.54, 1.807) is 0 Å². The van der Waals surface area contributed by atoms with Gasteiger partial charge in [0, 0.05) is 43.2 Å². The minimum absolute atomic E-state index is 0.108. The van der Waals surface area contributed by atoms with Gasteiger partial charge in [-0.05, 0) is 82.1 Å². The molecule has 180 valence electrons. The summed E-state index contributed by atoms with van der Waals surface area (Å²) in [6.07, 6.45) is 12.7. The van der Waals surface area contributed by atoms with E-state index in [1.165, 1.54) is 5.56 Å². The van der Waals surface area contributed by atoms with Crippen LogP contribution >= 0.6 is 0 Å². The monoisotopic (exact) mass is 459 g/mol. The first kappa shape index (κ1) is 22.9. The maximum absolute atomic E-state index is 13.5. The molecule has 0 amide bonds. The van der Waals surface area contributed by atoms with E-state index in [4.69, 9.17) is 0 Å². The maximum Gasteiger partial charge on any atom is 0.273 e. The summed E-state index contributed by atoms with van der Waals surface area (Å²) in [6.45, 7) is 3.01. The van der Waals surface area contributed by atoms with Gasteiger partial charge in [-0.2, -0.15) is 5.10 Å². The number of hydrogen-bond donors (Lipinski definition) is 1. The lowest BCUT2D eigenvalue weighted by molar-refractivity contribution is 0.204. The van der Waals surface area contributed by atoms with Gasteiger partial charge in [-0.1, -0.05) is 30.3 Å². The number of likely N-dealkylation sites (tertiary alicyclic amines) is 1. The van der Waals surface area contributed by atoms with E-state index >= 15 is 0 Å². The molecule has 0 atom stereocenters. The average Bonchev–Trinajstić information content (AvgIpc) is 3.30. The molecule has 1 N–H and O–H groups in total. The second-order valence-electron chi connectivity index (χ2n) is 10.4. The number of nitrogens with one attached hydrogen (secondary N) is 1. The Labute approximate surface area is 202 Å². The Morgan fingerprint density at radius 1 is 0.941 bits per heavy atom. The summed E-state index contributed by atoms with van der Waals surface area (Å²) in [5.74, 6) is 1.18. The largest absolute Gasteiger partial charge is 0.378 e. The van der Waals surface area contributed by atoms with Crippen molar-refractivity contribution in [3.05, 3.63) is 70.9 Å². The van der Waals surface area contributed by atoms with Crippen molar-refractivity contribution in [1.82, 2.24) is 19.2 Å². The topological polar surface area (TPSA) is 55.1 Å². The number of hydrogen-bond acceptors (Lipinski definition) is 4. The number of aromatic nitrogens is 3. The molecule has 6 heteroatoms. The molecule has 0 unspecified atom stereocenters. The molecule has 2 fully saturated rings. The highest BCUT2D eigenvalue weighted by Gasteiger charge is 2.24. The molecule has 1 saturated heterocycles. The van der Waals surface area contributed by atoms with Crippen molar-refractivity contribution in [2.75, 3.05) is 25.5 Å². The Hall–Kier alpha value is -2.86. The molecule has 0 spiro atoms. The normalized spacial score (nSPS) is 22.1. The van der Waals surface area contributed by atoms with E-state index in [2.05, 4.69) is 52.7 Å². The zero-order valence-electron chi connectivity index (χ0n) is 20.5. The van der Waals surface area contributed by atoms with Gasteiger partial charge in [0.05, 0.1) is 6.20 Å². The number of anilines is 1. The highest BCUT2D eigenvalue weighted by molar-refractivity contribution is 5.65. The van der Waals surface area contributed by atoms with Gasteiger partial charge in [-0.3, -0.25) is 9.48 Å². The predicted molar refractivity (Wildman–Crippen MR) is 138 cm³/mol. The Kier molecular flexibility index (Phi) is 6.86. The summed E-state index contributed by atoms with van der Waals surface area (Å²) in [5, 5.41) is 8.01. The van der Waals surface area contributed by atoms with Gasteiger partial charge >= 0.3 is 0 Å². The quantitative estimate of drug-likeness (QED) is 0.579. The lowest BCUT2D eigenvalue weighted by Gasteiger charge is -2.31. The van der Waals surface area contributed by atoms with Crippen LogP contribution in [0.5, 0.6) is 0 Å². The lowest BCUT2D eigenvalue weighted by Crippen LogP contribution is -2.35. The fourth-order valence-electron chi connectivity index (χ4n) is 5.64. The Bertz CT molecular complexity index is 1140. The van der Waals surface area contributed by atoms with Crippen molar-refractivity contribution >= 4 is 5.69 Å². The number of benzene rings is 1. The smallest absolute Gasteiger partial charge is 0.273 e. The van der Waals surface area contributed by atoms with Gasteiger partial charge in [0.2, 0.25) is 0 Å². The molecule has 5 rings (SSSR count). The Morgan fingerprint density at radius 3 is 2.35 bits per heavy atom. The first-order valence-electron chi connectivity index (χ1n) is 12.8. The van der Waals surface area contributed by atoms with Crippen LogP contribution < -0.4 is 10.9 Å². The fourth-order valence-corrected chi connectivity index (χ4v) is 5.64. The van der Waals surface area contributed by atoms with Crippen molar-refractivity contribution in [1.29, 1.82) is 0 Å². The van der Waals surface area contributed by atoms with Crippen molar-refractivity contribution in [3.8, 4) is 11.1 Å². The minimum atomic E-state index is 0.108. The summed E-state index contributed by atoms with van der Waals surface area (Å²) in [7, 11) is 4.11. The highest BCUT2D eigenvalue weighted by atomic mass is 16.1. The van der Waals surface area contributed by atoms with Crippen molar-refractivity contribution in [2.45, 2.75) is 57.0 Å². The first-order valence-corrected chi connectivity index (χ1v) is 12.8. The zero-order valence-corrected chi connectivity index (χ0v) is 20.5. The summed E-state index contributed by atoms with van der Waals surface area (Å²) >= 11 is 0. The van der Waals surface area contributed by atoms with Crippen LogP contribution in [0.25, 0.3) is 11.1 Å². The standard InChI is InChI=1S/C28H37N5O/c1-31-14-12-21(13-15-31)18-33-20-24(25-17-29-32(2)19-25)16-27(28(33)34)30-26-10-8-23(9-11-26)22-6-4-3-5-7-22/h3-7,16-17,19-21,23,26,30H,8-15,18H2,1-2H3. The fraction of sp³-hybridized carbons (Fsp3) is 0.500. The molecule has 3 heterocycles. The molecular formula is C28H37N5O. The number of piperidine rings is 1. The van der Waals surface area contributed by atoms with Crippen LogP contribution in [0, 0.1) is 5.92 Å². The van der Waals surface area contributed by atoms with Gasteiger partial charge in [0.25, 0.3) is 5.56 Å². The zero-order chi connectivity index (χ0) is 23.5. The Balaban J connectivity index is 1.35.